The van der Waals surface area contributed by atoms with Gasteiger partial charge < -0.3 is 9.73 Å². The van der Waals surface area contributed by atoms with Crippen LogP contribution in [-0.2, 0) is 16.0 Å². The normalized spacial score (nSPS) is 15.1. The SMILES string of the molecule is O=C1CCC(C(=O)NCCc2cocn2)=NN1. The highest BCUT2D eigenvalue weighted by atomic mass is 16.3. The van der Waals surface area contributed by atoms with E-state index in [2.05, 4.69) is 20.8 Å². The van der Waals surface area contributed by atoms with Gasteiger partial charge in [-0.25, -0.2) is 10.4 Å². The topological polar surface area (TPSA) is 96.6 Å². The van der Waals surface area contributed by atoms with Gasteiger partial charge in [-0.2, -0.15) is 5.10 Å². The summed E-state index contributed by atoms with van der Waals surface area (Å²) in [5, 5.41) is 6.40. The first-order valence-electron chi connectivity index (χ1n) is 5.26. The van der Waals surface area contributed by atoms with Crippen LogP contribution in [0.25, 0.3) is 0 Å². The van der Waals surface area contributed by atoms with E-state index in [4.69, 9.17) is 4.42 Å². The number of aromatic nitrogens is 1. The number of oxazole rings is 1. The Morgan fingerprint density at radius 2 is 2.41 bits per heavy atom. The lowest BCUT2D eigenvalue weighted by Crippen LogP contribution is -2.37. The van der Waals surface area contributed by atoms with E-state index in [1.54, 1.807) is 0 Å². The summed E-state index contributed by atoms with van der Waals surface area (Å²) in [5.41, 5.74) is 3.41. The van der Waals surface area contributed by atoms with Gasteiger partial charge in [0.25, 0.3) is 5.91 Å². The summed E-state index contributed by atoms with van der Waals surface area (Å²) in [6.07, 6.45) is 4.15. The number of carbonyl (C=O) groups excluding carboxylic acids is 2. The van der Waals surface area contributed by atoms with Gasteiger partial charge in [0.2, 0.25) is 5.91 Å². The Hall–Kier alpha value is -2.18. The molecule has 1 aliphatic heterocycles. The third-order valence-electron chi connectivity index (χ3n) is 2.32. The lowest BCUT2D eigenvalue weighted by atomic mass is 10.1. The first-order valence-corrected chi connectivity index (χ1v) is 5.26. The standard InChI is InChI=1S/C10H12N4O3/c15-9-2-1-8(13-14-9)10(16)11-4-3-7-5-17-6-12-7/h5-6H,1-4H2,(H,11,16)(H,14,15). The number of carbonyl (C=O) groups is 2. The molecule has 1 aliphatic rings. The Kier molecular flexibility index (Phi) is 3.49. The van der Waals surface area contributed by atoms with E-state index < -0.39 is 0 Å². The molecule has 90 valence electrons. The molecule has 7 nitrogen and oxygen atoms in total. The number of nitrogens with zero attached hydrogens (tertiary/aromatic N) is 2. The molecule has 1 aromatic rings. The van der Waals surface area contributed by atoms with Gasteiger partial charge in [0.05, 0.1) is 5.69 Å². The van der Waals surface area contributed by atoms with Crippen LogP contribution >= 0.6 is 0 Å². The molecule has 0 spiro atoms. The van der Waals surface area contributed by atoms with E-state index in [-0.39, 0.29) is 11.8 Å². The van der Waals surface area contributed by atoms with E-state index in [1.165, 1.54) is 12.7 Å². The molecular formula is C10H12N4O3. The van der Waals surface area contributed by atoms with E-state index in [0.717, 1.165) is 5.69 Å². The average Bonchev–Trinajstić information content (AvgIpc) is 2.83. The van der Waals surface area contributed by atoms with Crippen LogP contribution in [-0.4, -0.2) is 29.1 Å². The van der Waals surface area contributed by atoms with Crippen molar-refractivity contribution in [3.8, 4) is 0 Å². The van der Waals surface area contributed by atoms with Gasteiger partial charge in [-0.05, 0) is 0 Å². The summed E-state index contributed by atoms with van der Waals surface area (Å²) in [4.78, 5) is 26.4. The summed E-state index contributed by atoms with van der Waals surface area (Å²) in [7, 11) is 0. The summed E-state index contributed by atoms with van der Waals surface area (Å²) >= 11 is 0. The maximum absolute atomic E-state index is 11.6. The fraction of sp³-hybridized carbons (Fsp3) is 0.400. The molecule has 0 aliphatic carbocycles. The first kappa shape index (κ1) is 11.3. The van der Waals surface area contributed by atoms with Crippen molar-refractivity contribution in [1.82, 2.24) is 15.7 Å². The smallest absolute Gasteiger partial charge is 0.267 e. The highest BCUT2D eigenvalue weighted by Crippen LogP contribution is 1.99. The zero-order chi connectivity index (χ0) is 12.1. The highest BCUT2D eigenvalue weighted by Gasteiger charge is 2.17. The van der Waals surface area contributed by atoms with Crippen LogP contribution in [0, 0.1) is 0 Å². The third-order valence-corrected chi connectivity index (χ3v) is 2.32. The summed E-state index contributed by atoms with van der Waals surface area (Å²) in [6, 6.07) is 0. The molecule has 0 saturated carbocycles. The van der Waals surface area contributed by atoms with Crippen molar-refractivity contribution in [2.45, 2.75) is 19.3 Å². The summed E-state index contributed by atoms with van der Waals surface area (Å²) < 4.78 is 4.81. The zero-order valence-corrected chi connectivity index (χ0v) is 9.10. The summed E-state index contributed by atoms with van der Waals surface area (Å²) in [5.74, 6) is -0.419. The van der Waals surface area contributed by atoms with E-state index >= 15 is 0 Å². The van der Waals surface area contributed by atoms with Crippen molar-refractivity contribution < 1.29 is 14.0 Å². The fourth-order valence-corrected chi connectivity index (χ4v) is 1.41. The average molecular weight is 236 g/mol. The maximum Gasteiger partial charge on any atom is 0.267 e. The summed E-state index contributed by atoms with van der Waals surface area (Å²) in [6.45, 7) is 0.457. The predicted molar refractivity (Wildman–Crippen MR) is 58.0 cm³/mol. The largest absolute Gasteiger partial charge is 0.451 e. The molecule has 0 atom stereocenters. The van der Waals surface area contributed by atoms with Gasteiger partial charge >= 0.3 is 0 Å². The molecule has 2 heterocycles. The zero-order valence-electron chi connectivity index (χ0n) is 9.10. The van der Waals surface area contributed by atoms with Crippen molar-refractivity contribution >= 4 is 17.5 Å². The Labute approximate surface area is 97.3 Å². The predicted octanol–water partition coefficient (Wildman–Crippen LogP) is -0.401. The van der Waals surface area contributed by atoms with Crippen LogP contribution in [0.2, 0.25) is 0 Å². The minimum Gasteiger partial charge on any atom is -0.451 e. The van der Waals surface area contributed by atoms with Crippen molar-refractivity contribution in [3.63, 3.8) is 0 Å². The van der Waals surface area contributed by atoms with Gasteiger partial charge in [0.15, 0.2) is 6.39 Å². The Morgan fingerprint density at radius 3 is 3.06 bits per heavy atom. The van der Waals surface area contributed by atoms with Crippen LogP contribution in [0.1, 0.15) is 18.5 Å². The molecule has 2 amide bonds. The molecule has 0 bridgehead atoms. The maximum atomic E-state index is 11.6. The first-order chi connectivity index (χ1) is 8.25. The third kappa shape index (κ3) is 3.13. The minimum atomic E-state index is -0.256. The van der Waals surface area contributed by atoms with E-state index in [1.807, 2.05) is 0 Å². The van der Waals surface area contributed by atoms with Gasteiger partial charge in [-0.15, -0.1) is 0 Å². The number of hydrogen-bond donors (Lipinski definition) is 2. The van der Waals surface area contributed by atoms with Crippen LogP contribution in [0.5, 0.6) is 0 Å². The number of rotatable bonds is 4. The monoisotopic (exact) mass is 236 g/mol. The molecular weight excluding hydrogens is 224 g/mol. The van der Waals surface area contributed by atoms with Crippen molar-refractivity contribution in [2.75, 3.05) is 6.54 Å². The Bertz CT molecular complexity index is 438. The Balaban J connectivity index is 1.76. The van der Waals surface area contributed by atoms with Crippen LogP contribution in [0.4, 0.5) is 0 Å². The van der Waals surface area contributed by atoms with E-state index in [0.29, 0.717) is 31.5 Å². The molecule has 7 heteroatoms. The molecule has 0 radical (unpaired) electrons. The van der Waals surface area contributed by atoms with Crippen LogP contribution in [0.15, 0.2) is 22.2 Å². The molecule has 2 rings (SSSR count). The van der Waals surface area contributed by atoms with Crippen molar-refractivity contribution in [1.29, 1.82) is 0 Å². The van der Waals surface area contributed by atoms with Gasteiger partial charge in [-0.1, -0.05) is 0 Å². The van der Waals surface area contributed by atoms with Crippen LogP contribution in [0.3, 0.4) is 0 Å². The number of nitrogens with one attached hydrogen (secondary N) is 2. The van der Waals surface area contributed by atoms with E-state index in [9.17, 15) is 9.59 Å². The molecule has 0 unspecified atom stereocenters. The highest BCUT2D eigenvalue weighted by molar-refractivity contribution is 6.39. The van der Waals surface area contributed by atoms with Crippen molar-refractivity contribution in [3.05, 3.63) is 18.4 Å². The van der Waals surface area contributed by atoms with Gasteiger partial charge in [-0.3, -0.25) is 9.59 Å². The second-order valence-corrected chi connectivity index (χ2v) is 3.58. The molecule has 17 heavy (non-hydrogen) atoms. The fourth-order valence-electron chi connectivity index (χ4n) is 1.41. The molecule has 2 N–H and O–H groups in total. The van der Waals surface area contributed by atoms with Crippen LogP contribution < -0.4 is 10.7 Å². The number of amides is 2. The number of hydrogen-bond acceptors (Lipinski definition) is 5. The van der Waals surface area contributed by atoms with Gasteiger partial charge in [0.1, 0.15) is 12.0 Å². The second kappa shape index (κ2) is 5.24. The van der Waals surface area contributed by atoms with Gasteiger partial charge in [0, 0.05) is 25.8 Å². The number of hydrazone groups is 1. The molecule has 0 aromatic carbocycles. The molecule has 1 aromatic heterocycles. The second-order valence-electron chi connectivity index (χ2n) is 3.58. The minimum absolute atomic E-state index is 0.163. The van der Waals surface area contributed by atoms with Crippen molar-refractivity contribution in [2.24, 2.45) is 5.10 Å². The molecule has 0 saturated heterocycles. The lowest BCUT2D eigenvalue weighted by molar-refractivity contribution is -0.121. The quantitative estimate of drug-likeness (QED) is 0.743. The Morgan fingerprint density at radius 1 is 1.53 bits per heavy atom. The lowest BCUT2D eigenvalue weighted by Gasteiger charge is -2.11. The molecule has 0 fully saturated rings.